The molecule has 0 radical (unpaired) electrons. The number of hydrogen-bond acceptors (Lipinski definition) is 7. The molecule has 2 aliphatic rings. The van der Waals surface area contributed by atoms with Crippen LogP contribution in [0.25, 0.3) is 0 Å². The number of rotatable bonds is 4. The smallest absolute Gasteiger partial charge is 0.475 e. The van der Waals surface area contributed by atoms with E-state index in [-0.39, 0.29) is 5.41 Å². The Kier molecular flexibility index (Phi) is 10.3. The van der Waals surface area contributed by atoms with Crippen molar-refractivity contribution in [3.63, 3.8) is 0 Å². The van der Waals surface area contributed by atoms with Crippen molar-refractivity contribution in [1.29, 1.82) is 0 Å². The molecule has 2 aromatic heterocycles. The molecule has 38 heavy (non-hydrogen) atoms. The van der Waals surface area contributed by atoms with Crippen molar-refractivity contribution in [3.8, 4) is 0 Å². The number of hydrogen-bond donors (Lipinski definition) is 2. The van der Waals surface area contributed by atoms with Crippen LogP contribution in [-0.2, 0) is 27.5 Å². The normalized spacial score (nSPS) is 20.0. The molecule has 1 atom stereocenters. The Balaban J connectivity index is 0.000000301. The van der Waals surface area contributed by atoms with Crippen LogP contribution in [0.2, 0.25) is 0 Å². The highest BCUT2D eigenvalue weighted by molar-refractivity contribution is 7.09. The van der Waals surface area contributed by atoms with Crippen LogP contribution in [0.1, 0.15) is 35.5 Å². The minimum absolute atomic E-state index is 0.187. The maximum atomic E-state index is 13.1. The molecule has 2 aliphatic heterocycles. The molecule has 212 valence electrons. The molecule has 1 spiro atoms. The number of amides is 1. The maximum absolute atomic E-state index is 13.1. The van der Waals surface area contributed by atoms with Crippen LogP contribution >= 0.6 is 11.3 Å². The van der Waals surface area contributed by atoms with Gasteiger partial charge in [-0.3, -0.25) is 9.69 Å². The Bertz CT molecular complexity index is 1060. The number of carbonyl (C=O) groups excluding carboxylic acids is 1. The first-order valence-corrected chi connectivity index (χ1v) is 12.0. The summed E-state index contributed by atoms with van der Waals surface area (Å²) in [5, 5.41) is 17.4. The number of alkyl halides is 6. The molecule has 4 rings (SSSR count). The molecule has 0 saturated carbocycles. The van der Waals surface area contributed by atoms with Gasteiger partial charge in [0.15, 0.2) is 0 Å². The summed E-state index contributed by atoms with van der Waals surface area (Å²) in [5.41, 5.74) is 2.02. The van der Waals surface area contributed by atoms with E-state index in [1.165, 1.54) is 5.56 Å². The lowest BCUT2D eigenvalue weighted by molar-refractivity contribution is -0.193. The fraction of sp³-hybridized carbons (Fsp3) is 0.545. The highest BCUT2D eigenvalue weighted by Gasteiger charge is 2.48. The number of likely N-dealkylation sites (tertiary alicyclic amines) is 2. The summed E-state index contributed by atoms with van der Waals surface area (Å²) in [4.78, 5) is 39.8. The second-order valence-electron chi connectivity index (χ2n) is 8.67. The maximum Gasteiger partial charge on any atom is 0.490 e. The molecular formula is C22H25F6N3O6S. The first-order valence-electron chi connectivity index (χ1n) is 11.1. The first kappa shape index (κ1) is 31.1. The van der Waals surface area contributed by atoms with Crippen molar-refractivity contribution in [2.24, 2.45) is 5.41 Å². The number of halogens is 6. The molecule has 0 aliphatic carbocycles. The summed E-state index contributed by atoms with van der Waals surface area (Å²) in [6.45, 7) is 6.32. The molecule has 0 bridgehead atoms. The van der Waals surface area contributed by atoms with Gasteiger partial charge in [-0.2, -0.15) is 26.3 Å². The zero-order valence-corrected chi connectivity index (χ0v) is 20.8. The number of carboxylic acids is 2. The van der Waals surface area contributed by atoms with Gasteiger partial charge in [0.05, 0.1) is 35.2 Å². The van der Waals surface area contributed by atoms with Gasteiger partial charge in [0.2, 0.25) is 5.91 Å². The highest BCUT2D eigenvalue weighted by Crippen LogP contribution is 2.41. The van der Waals surface area contributed by atoms with Crippen LogP contribution in [-0.4, -0.2) is 74.8 Å². The predicted molar refractivity (Wildman–Crippen MR) is 120 cm³/mol. The van der Waals surface area contributed by atoms with E-state index >= 15 is 0 Å². The Morgan fingerprint density at radius 2 is 1.68 bits per heavy atom. The number of thiazole rings is 1. The van der Waals surface area contributed by atoms with E-state index in [2.05, 4.69) is 15.3 Å². The third-order valence-corrected chi connectivity index (χ3v) is 6.57. The van der Waals surface area contributed by atoms with Crippen LogP contribution in [0.4, 0.5) is 26.3 Å². The minimum atomic E-state index is -5.08. The second kappa shape index (κ2) is 12.6. The number of aromatic nitrogens is 1. The predicted octanol–water partition coefficient (Wildman–Crippen LogP) is 4.33. The second-order valence-corrected chi connectivity index (χ2v) is 9.73. The van der Waals surface area contributed by atoms with Crippen molar-refractivity contribution in [2.75, 3.05) is 19.6 Å². The molecule has 1 amide bonds. The Labute approximate surface area is 216 Å². The Morgan fingerprint density at radius 3 is 2.16 bits per heavy atom. The molecule has 1 unspecified atom stereocenters. The summed E-state index contributed by atoms with van der Waals surface area (Å²) in [7, 11) is 0. The molecule has 2 saturated heterocycles. The monoisotopic (exact) mass is 573 g/mol. The van der Waals surface area contributed by atoms with E-state index in [1.54, 1.807) is 23.9 Å². The van der Waals surface area contributed by atoms with Gasteiger partial charge >= 0.3 is 24.3 Å². The van der Waals surface area contributed by atoms with E-state index in [9.17, 15) is 31.1 Å². The van der Waals surface area contributed by atoms with Gasteiger partial charge in [0.25, 0.3) is 0 Å². The lowest BCUT2D eigenvalue weighted by Crippen LogP contribution is -2.47. The van der Waals surface area contributed by atoms with Crippen molar-refractivity contribution < 1.29 is 55.4 Å². The van der Waals surface area contributed by atoms with E-state index in [4.69, 9.17) is 24.2 Å². The average molecular weight is 574 g/mol. The van der Waals surface area contributed by atoms with Gasteiger partial charge in [-0.05, 0) is 38.8 Å². The first-order chi connectivity index (χ1) is 17.5. The summed E-state index contributed by atoms with van der Waals surface area (Å²) in [6, 6.07) is 2.01. The fourth-order valence-corrected chi connectivity index (χ4v) is 4.71. The minimum Gasteiger partial charge on any atom is -0.475 e. The number of aryl methyl sites for hydroxylation is 1. The van der Waals surface area contributed by atoms with Crippen LogP contribution in [0.5, 0.6) is 0 Å². The number of furan rings is 1. The third-order valence-electron chi connectivity index (χ3n) is 5.75. The molecular weight excluding hydrogens is 548 g/mol. The molecule has 16 heteroatoms. The van der Waals surface area contributed by atoms with Crippen molar-refractivity contribution in [3.05, 3.63) is 40.2 Å². The molecule has 2 N–H and O–H groups in total. The van der Waals surface area contributed by atoms with Gasteiger partial charge in [-0.25, -0.2) is 14.6 Å². The summed E-state index contributed by atoms with van der Waals surface area (Å²) < 4.78 is 68.6. The third kappa shape index (κ3) is 9.01. The highest BCUT2D eigenvalue weighted by atomic mass is 32.1. The van der Waals surface area contributed by atoms with Crippen LogP contribution in [0, 0.1) is 12.3 Å². The largest absolute Gasteiger partial charge is 0.490 e. The molecule has 4 heterocycles. The van der Waals surface area contributed by atoms with E-state index < -0.39 is 24.3 Å². The van der Waals surface area contributed by atoms with Gasteiger partial charge in [-0.1, -0.05) is 0 Å². The lowest BCUT2D eigenvalue weighted by Gasteiger charge is -2.38. The quantitative estimate of drug-likeness (QED) is 0.519. The fourth-order valence-electron chi connectivity index (χ4n) is 4.10. The SMILES string of the molecule is Cc1nc(CN2CCC3(CCCN(Cc4ccoc4)C3)C2=O)cs1.O=C(O)C(F)(F)F.O=C(O)C(F)(F)F. The zero-order valence-electron chi connectivity index (χ0n) is 20.0. The molecule has 0 aromatic carbocycles. The standard InChI is InChI=1S/C18H23N3O2S.2C2HF3O2/c1-14-19-16(12-24-14)10-21-7-5-18(17(21)22)4-2-6-20(13-18)9-15-3-8-23-11-15;2*3-2(4,5)1(6)7/h3,8,11-12H,2,4-7,9-10,13H2,1H3;2*(H,6,7). The van der Waals surface area contributed by atoms with E-state index in [0.717, 1.165) is 56.1 Å². The Morgan fingerprint density at radius 1 is 1.08 bits per heavy atom. The Hall–Kier alpha value is -3.14. The van der Waals surface area contributed by atoms with Gasteiger partial charge in [0, 0.05) is 30.6 Å². The number of aliphatic carboxylic acids is 2. The zero-order chi connectivity index (χ0) is 28.7. The number of carboxylic acid groups (broad SMARTS) is 2. The topological polar surface area (TPSA) is 124 Å². The van der Waals surface area contributed by atoms with Crippen LogP contribution in [0.15, 0.2) is 28.4 Å². The summed E-state index contributed by atoms with van der Waals surface area (Å²) in [6.07, 6.45) is -3.58. The van der Waals surface area contributed by atoms with Crippen LogP contribution in [0.3, 0.4) is 0 Å². The van der Waals surface area contributed by atoms with Crippen molar-refractivity contribution >= 4 is 29.2 Å². The summed E-state index contributed by atoms with van der Waals surface area (Å²) >= 11 is 1.65. The number of nitrogens with zero attached hydrogens (tertiary/aromatic N) is 3. The number of carbonyl (C=O) groups is 3. The van der Waals surface area contributed by atoms with Crippen LogP contribution < -0.4 is 0 Å². The van der Waals surface area contributed by atoms with Gasteiger partial charge in [-0.15, -0.1) is 11.3 Å². The van der Waals surface area contributed by atoms with Crippen molar-refractivity contribution in [2.45, 2.75) is 51.6 Å². The van der Waals surface area contributed by atoms with E-state index in [0.29, 0.717) is 12.5 Å². The molecule has 2 fully saturated rings. The average Bonchev–Trinajstić information content (AvgIpc) is 3.53. The molecule has 9 nitrogen and oxygen atoms in total. The number of piperidine rings is 1. The van der Waals surface area contributed by atoms with Crippen molar-refractivity contribution in [1.82, 2.24) is 14.8 Å². The lowest BCUT2D eigenvalue weighted by atomic mass is 9.78. The van der Waals surface area contributed by atoms with Gasteiger partial charge in [0.1, 0.15) is 0 Å². The summed E-state index contributed by atoms with van der Waals surface area (Å²) in [5.74, 6) is -5.19. The van der Waals surface area contributed by atoms with E-state index in [1.807, 2.05) is 17.9 Å². The van der Waals surface area contributed by atoms with Gasteiger partial charge < -0.3 is 19.5 Å². The molecule has 2 aromatic rings.